The number of rotatable bonds is 5. The Balaban J connectivity index is 1.01. The van der Waals surface area contributed by atoms with E-state index in [0.29, 0.717) is 0 Å². The number of para-hydroxylation sites is 3. The van der Waals surface area contributed by atoms with Crippen LogP contribution < -0.4 is 0 Å². The summed E-state index contributed by atoms with van der Waals surface area (Å²) in [6, 6.07) is 74.3. The van der Waals surface area contributed by atoms with Crippen molar-refractivity contribution < 1.29 is 4.42 Å². The molecule has 0 unspecified atom stereocenters. The Morgan fingerprint density at radius 2 is 0.825 bits per heavy atom. The first-order valence-corrected chi connectivity index (χ1v) is 19.5. The molecule has 266 valence electrons. The van der Waals surface area contributed by atoms with Crippen LogP contribution in [0.1, 0.15) is 0 Å². The monoisotopic (exact) mass is 726 g/mol. The van der Waals surface area contributed by atoms with Gasteiger partial charge >= 0.3 is 0 Å². The van der Waals surface area contributed by atoms with Gasteiger partial charge in [-0.25, -0.2) is 0 Å². The zero-order valence-electron chi connectivity index (χ0n) is 30.9. The number of hydrogen-bond acceptors (Lipinski definition) is 1. The molecule has 0 saturated carbocycles. The van der Waals surface area contributed by atoms with Gasteiger partial charge in [-0.15, -0.1) is 0 Å². The van der Waals surface area contributed by atoms with Gasteiger partial charge in [0.25, 0.3) is 0 Å². The third kappa shape index (κ3) is 4.86. The van der Waals surface area contributed by atoms with Crippen LogP contribution in [0.5, 0.6) is 0 Å². The Morgan fingerprint density at radius 3 is 1.51 bits per heavy atom. The van der Waals surface area contributed by atoms with Gasteiger partial charge in [-0.05, 0) is 94.0 Å². The second-order valence-corrected chi connectivity index (χ2v) is 14.9. The van der Waals surface area contributed by atoms with Crippen molar-refractivity contribution in [2.75, 3.05) is 0 Å². The summed E-state index contributed by atoms with van der Waals surface area (Å²) in [7, 11) is 0. The smallest absolute Gasteiger partial charge is 0.159 e. The summed E-state index contributed by atoms with van der Waals surface area (Å²) < 4.78 is 11.5. The van der Waals surface area contributed by atoms with E-state index in [1.54, 1.807) is 0 Å². The van der Waals surface area contributed by atoms with Crippen molar-refractivity contribution in [1.82, 2.24) is 9.13 Å². The van der Waals surface area contributed by atoms with E-state index >= 15 is 0 Å². The molecule has 0 bridgehead atoms. The molecule has 12 aromatic rings. The highest BCUT2D eigenvalue weighted by Gasteiger charge is 2.20. The average molecular weight is 727 g/mol. The third-order valence-corrected chi connectivity index (χ3v) is 11.7. The van der Waals surface area contributed by atoms with Crippen LogP contribution in [0, 0.1) is 0 Å². The zero-order chi connectivity index (χ0) is 37.5. The van der Waals surface area contributed by atoms with Gasteiger partial charge in [0.15, 0.2) is 5.58 Å². The van der Waals surface area contributed by atoms with Crippen LogP contribution in [-0.2, 0) is 0 Å². The number of benzene rings is 9. The minimum Gasteiger partial charge on any atom is -0.454 e. The molecule has 12 rings (SSSR count). The molecule has 0 N–H and O–H groups in total. The van der Waals surface area contributed by atoms with E-state index in [-0.39, 0.29) is 0 Å². The van der Waals surface area contributed by atoms with Gasteiger partial charge in [-0.1, -0.05) is 146 Å². The maximum absolute atomic E-state index is 6.77. The van der Waals surface area contributed by atoms with Gasteiger partial charge in [0.2, 0.25) is 0 Å². The topological polar surface area (TPSA) is 23.0 Å². The molecule has 0 atom stereocenters. The SMILES string of the molecule is c1ccc(-c2ccc(-n3c4ccccc4c4cc(-c5ccc6c(c5)c5ccccc5n6-c5cccc6c5oc5cccc(-c7ccccc7)c56)ccc43)cc2)cc1. The van der Waals surface area contributed by atoms with Crippen molar-refractivity contribution in [2.45, 2.75) is 0 Å². The Hall–Kier alpha value is -7.62. The molecule has 0 amide bonds. The van der Waals surface area contributed by atoms with Crippen molar-refractivity contribution in [3.63, 3.8) is 0 Å². The quantitative estimate of drug-likeness (QED) is 0.173. The summed E-state index contributed by atoms with van der Waals surface area (Å²) in [5, 5.41) is 7.16. The lowest BCUT2D eigenvalue weighted by atomic mass is 9.99. The van der Waals surface area contributed by atoms with Crippen LogP contribution >= 0.6 is 0 Å². The standard InChI is InChI=1S/C54H34N2O/c1-3-13-35(14-4-1)36-25-29-40(30-26-36)55-47-21-9-7-17-42(47)45-33-38(27-31-49(45)55)39-28-32-50-46(34-39)43-18-8-10-22-48(43)56(50)51-23-11-20-44-53-41(37-15-5-2-6-16-37)19-12-24-52(53)57-54(44)51/h1-34H. The Kier molecular flexibility index (Phi) is 6.93. The molecule has 0 aliphatic rings. The molecule has 3 aromatic heterocycles. The van der Waals surface area contributed by atoms with Crippen molar-refractivity contribution >= 4 is 65.6 Å². The fourth-order valence-corrected chi connectivity index (χ4v) is 9.14. The van der Waals surface area contributed by atoms with Gasteiger partial charge in [0, 0.05) is 38.0 Å². The second-order valence-electron chi connectivity index (χ2n) is 14.9. The maximum atomic E-state index is 6.77. The van der Waals surface area contributed by atoms with E-state index in [2.05, 4.69) is 215 Å². The Bertz CT molecular complexity index is 3490. The second kappa shape index (κ2) is 12.5. The van der Waals surface area contributed by atoms with Gasteiger partial charge in [0.1, 0.15) is 5.58 Å². The van der Waals surface area contributed by atoms with Crippen LogP contribution in [0.25, 0.3) is 110 Å². The normalized spacial score (nSPS) is 11.9. The lowest BCUT2D eigenvalue weighted by Crippen LogP contribution is -1.94. The van der Waals surface area contributed by atoms with Gasteiger partial charge in [0.05, 0.1) is 27.8 Å². The highest BCUT2D eigenvalue weighted by molar-refractivity contribution is 6.17. The molecule has 57 heavy (non-hydrogen) atoms. The first-order valence-electron chi connectivity index (χ1n) is 19.5. The van der Waals surface area contributed by atoms with E-state index in [4.69, 9.17) is 4.42 Å². The van der Waals surface area contributed by atoms with Gasteiger partial charge in [-0.2, -0.15) is 0 Å². The molecule has 0 spiro atoms. The maximum Gasteiger partial charge on any atom is 0.159 e. The van der Waals surface area contributed by atoms with Gasteiger partial charge in [-0.3, -0.25) is 0 Å². The van der Waals surface area contributed by atoms with Crippen LogP contribution in [0.4, 0.5) is 0 Å². The van der Waals surface area contributed by atoms with E-state index in [0.717, 1.165) is 44.3 Å². The number of hydrogen-bond donors (Lipinski definition) is 0. The summed E-state index contributed by atoms with van der Waals surface area (Å²) in [6.45, 7) is 0. The predicted molar refractivity (Wildman–Crippen MR) is 239 cm³/mol. The fraction of sp³-hybridized carbons (Fsp3) is 0. The summed E-state index contributed by atoms with van der Waals surface area (Å²) in [4.78, 5) is 0. The molecule has 0 aliphatic carbocycles. The molecule has 0 fully saturated rings. The first-order chi connectivity index (χ1) is 28.3. The molecular weight excluding hydrogens is 693 g/mol. The molecule has 3 heteroatoms. The van der Waals surface area contributed by atoms with Crippen LogP contribution in [0.2, 0.25) is 0 Å². The number of aromatic nitrogens is 2. The molecule has 0 aliphatic heterocycles. The van der Waals surface area contributed by atoms with Crippen LogP contribution in [0.3, 0.4) is 0 Å². The minimum atomic E-state index is 0.888. The Labute approximate surface area is 328 Å². The van der Waals surface area contributed by atoms with Crippen LogP contribution in [0.15, 0.2) is 211 Å². The average Bonchev–Trinajstić information content (AvgIpc) is 3.94. The number of fused-ring (bicyclic) bond motifs is 9. The zero-order valence-corrected chi connectivity index (χ0v) is 30.9. The van der Waals surface area contributed by atoms with Gasteiger partial charge < -0.3 is 13.6 Å². The Morgan fingerprint density at radius 1 is 0.316 bits per heavy atom. The molecule has 9 aromatic carbocycles. The first kappa shape index (κ1) is 31.7. The van der Waals surface area contributed by atoms with E-state index in [1.807, 2.05) is 0 Å². The summed E-state index contributed by atoms with van der Waals surface area (Å²) in [5.74, 6) is 0. The van der Waals surface area contributed by atoms with Crippen molar-refractivity contribution in [3.8, 4) is 44.8 Å². The summed E-state index contributed by atoms with van der Waals surface area (Å²) >= 11 is 0. The third-order valence-electron chi connectivity index (χ3n) is 11.7. The fourth-order valence-electron chi connectivity index (χ4n) is 9.14. The minimum absolute atomic E-state index is 0.888. The summed E-state index contributed by atoms with van der Waals surface area (Å²) in [5.41, 5.74) is 15.8. The van der Waals surface area contributed by atoms with Crippen LogP contribution in [-0.4, -0.2) is 9.13 Å². The lowest BCUT2D eigenvalue weighted by Gasteiger charge is -2.10. The summed E-state index contributed by atoms with van der Waals surface area (Å²) in [6.07, 6.45) is 0. The number of furan rings is 1. The molecular formula is C54H34N2O. The van der Waals surface area contributed by atoms with Crippen molar-refractivity contribution in [2.24, 2.45) is 0 Å². The number of nitrogens with zero attached hydrogens (tertiary/aromatic N) is 2. The highest BCUT2D eigenvalue weighted by atomic mass is 16.3. The van der Waals surface area contributed by atoms with E-state index < -0.39 is 0 Å². The predicted octanol–water partition coefficient (Wildman–Crippen LogP) is 14.8. The van der Waals surface area contributed by atoms with Crippen molar-refractivity contribution in [1.29, 1.82) is 0 Å². The van der Waals surface area contributed by atoms with E-state index in [9.17, 15) is 0 Å². The van der Waals surface area contributed by atoms with Crippen molar-refractivity contribution in [3.05, 3.63) is 206 Å². The molecule has 3 nitrogen and oxygen atoms in total. The molecule has 0 radical (unpaired) electrons. The largest absolute Gasteiger partial charge is 0.454 e. The highest BCUT2D eigenvalue weighted by Crippen LogP contribution is 2.42. The van der Waals surface area contributed by atoms with E-state index in [1.165, 1.54) is 66.0 Å². The lowest BCUT2D eigenvalue weighted by molar-refractivity contribution is 0.666. The molecule has 3 heterocycles. The molecule has 0 saturated heterocycles.